The fourth-order valence-electron chi connectivity index (χ4n) is 1.57. The first-order valence-corrected chi connectivity index (χ1v) is 7.31. The van der Waals surface area contributed by atoms with E-state index in [9.17, 15) is 8.42 Å². The standard InChI is InChI=1S/C12H12ClN3O2S/c1-8-7-9(4-5-10(8)13)16-12-11(19(14,17)18)3-2-6-15-12/h2-7H,1H3,(H,15,16)(H2,14,17,18). The Kier molecular flexibility index (Phi) is 3.75. The van der Waals surface area contributed by atoms with Crippen LogP contribution >= 0.6 is 11.6 Å². The molecule has 1 aromatic carbocycles. The van der Waals surface area contributed by atoms with Crippen LogP contribution in [0.15, 0.2) is 41.4 Å². The van der Waals surface area contributed by atoms with Gasteiger partial charge in [0.05, 0.1) is 0 Å². The first-order chi connectivity index (χ1) is 8.88. The number of hydrogen-bond acceptors (Lipinski definition) is 4. The number of primary sulfonamides is 1. The lowest BCUT2D eigenvalue weighted by atomic mass is 10.2. The molecule has 0 amide bonds. The Morgan fingerprint density at radius 3 is 2.68 bits per heavy atom. The predicted molar refractivity (Wildman–Crippen MR) is 75.1 cm³/mol. The molecule has 0 radical (unpaired) electrons. The van der Waals surface area contributed by atoms with Gasteiger partial charge in [-0.05, 0) is 42.8 Å². The van der Waals surface area contributed by atoms with Gasteiger partial charge in [0.25, 0.3) is 0 Å². The second-order valence-electron chi connectivity index (χ2n) is 3.98. The summed E-state index contributed by atoms with van der Waals surface area (Å²) in [6.45, 7) is 1.85. The quantitative estimate of drug-likeness (QED) is 0.911. The maximum Gasteiger partial charge on any atom is 0.241 e. The van der Waals surface area contributed by atoms with Gasteiger partial charge in [0.2, 0.25) is 10.0 Å². The van der Waals surface area contributed by atoms with Gasteiger partial charge in [0, 0.05) is 16.9 Å². The molecule has 19 heavy (non-hydrogen) atoms. The number of nitrogens with zero attached hydrogens (tertiary/aromatic N) is 1. The monoisotopic (exact) mass is 297 g/mol. The Morgan fingerprint density at radius 2 is 2.05 bits per heavy atom. The SMILES string of the molecule is Cc1cc(Nc2ncccc2S(N)(=O)=O)ccc1Cl. The van der Waals surface area contributed by atoms with Crippen molar-refractivity contribution in [3.05, 3.63) is 47.1 Å². The molecule has 0 saturated carbocycles. The van der Waals surface area contributed by atoms with Crippen molar-refractivity contribution in [2.75, 3.05) is 5.32 Å². The van der Waals surface area contributed by atoms with Crippen molar-refractivity contribution in [1.82, 2.24) is 4.98 Å². The lowest BCUT2D eigenvalue weighted by molar-refractivity contribution is 0.598. The van der Waals surface area contributed by atoms with Crippen molar-refractivity contribution >= 4 is 33.1 Å². The van der Waals surface area contributed by atoms with Crippen LogP contribution in [0.25, 0.3) is 0 Å². The number of aromatic nitrogens is 1. The van der Waals surface area contributed by atoms with Crippen LogP contribution in [-0.2, 0) is 10.0 Å². The molecule has 1 aromatic heterocycles. The number of rotatable bonds is 3. The summed E-state index contributed by atoms with van der Waals surface area (Å²) in [7, 11) is -3.82. The number of sulfonamides is 1. The van der Waals surface area contributed by atoms with Crippen molar-refractivity contribution in [1.29, 1.82) is 0 Å². The van der Waals surface area contributed by atoms with Gasteiger partial charge >= 0.3 is 0 Å². The number of aryl methyl sites for hydroxylation is 1. The minimum absolute atomic E-state index is 0.0531. The van der Waals surface area contributed by atoms with Crippen LogP contribution in [0.2, 0.25) is 5.02 Å². The molecule has 1 heterocycles. The van der Waals surface area contributed by atoms with E-state index < -0.39 is 10.0 Å². The van der Waals surface area contributed by atoms with Gasteiger partial charge in [-0.1, -0.05) is 11.6 Å². The van der Waals surface area contributed by atoms with Crippen molar-refractivity contribution < 1.29 is 8.42 Å². The predicted octanol–water partition coefficient (Wildman–Crippen LogP) is 2.43. The highest BCUT2D eigenvalue weighted by atomic mass is 35.5. The van der Waals surface area contributed by atoms with E-state index in [1.54, 1.807) is 18.2 Å². The second kappa shape index (κ2) is 5.16. The van der Waals surface area contributed by atoms with Gasteiger partial charge in [-0.2, -0.15) is 0 Å². The summed E-state index contributed by atoms with van der Waals surface area (Å²) in [4.78, 5) is 3.94. The van der Waals surface area contributed by atoms with Crippen molar-refractivity contribution in [3.63, 3.8) is 0 Å². The van der Waals surface area contributed by atoms with Gasteiger partial charge < -0.3 is 5.32 Å². The summed E-state index contributed by atoms with van der Waals surface area (Å²) < 4.78 is 22.9. The third kappa shape index (κ3) is 3.23. The topological polar surface area (TPSA) is 85.1 Å². The smallest absolute Gasteiger partial charge is 0.241 e. The molecule has 0 saturated heterocycles. The molecule has 0 atom stereocenters. The molecule has 0 spiro atoms. The summed E-state index contributed by atoms with van der Waals surface area (Å²) in [5.41, 5.74) is 1.56. The van der Waals surface area contributed by atoms with Gasteiger partial charge in [-0.25, -0.2) is 18.5 Å². The van der Waals surface area contributed by atoms with Gasteiger partial charge in [-0.15, -0.1) is 0 Å². The molecule has 3 N–H and O–H groups in total. The first-order valence-electron chi connectivity index (χ1n) is 5.39. The minimum atomic E-state index is -3.82. The zero-order chi connectivity index (χ0) is 14.0. The molecule has 0 fully saturated rings. The third-order valence-corrected chi connectivity index (χ3v) is 3.86. The molecule has 7 heteroatoms. The van der Waals surface area contributed by atoms with Crippen LogP contribution in [0.1, 0.15) is 5.56 Å². The third-order valence-electron chi connectivity index (χ3n) is 2.50. The maximum atomic E-state index is 11.4. The number of anilines is 2. The van der Waals surface area contributed by atoms with Crippen LogP contribution in [0.5, 0.6) is 0 Å². The second-order valence-corrected chi connectivity index (χ2v) is 5.92. The summed E-state index contributed by atoms with van der Waals surface area (Å²) in [5, 5.41) is 8.69. The number of nitrogens with one attached hydrogen (secondary N) is 1. The molecule has 0 aliphatic carbocycles. The molecule has 5 nitrogen and oxygen atoms in total. The van der Waals surface area contributed by atoms with Crippen molar-refractivity contribution in [3.8, 4) is 0 Å². The van der Waals surface area contributed by atoms with E-state index in [1.807, 2.05) is 6.92 Å². The van der Waals surface area contributed by atoms with Crippen LogP contribution in [0.3, 0.4) is 0 Å². The van der Waals surface area contributed by atoms with Crippen LogP contribution in [-0.4, -0.2) is 13.4 Å². The van der Waals surface area contributed by atoms with Crippen LogP contribution in [0.4, 0.5) is 11.5 Å². The Morgan fingerprint density at radius 1 is 1.32 bits per heavy atom. The molecule has 0 bridgehead atoms. The molecule has 0 unspecified atom stereocenters. The lowest BCUT2D eigenvalue weighted by Gasteiger charge is -2.10. The molecule has 2 aromatic rings. The van der Waals surface area contributed by atoms with E-state index in [2.05, 4.69) is 10.3 Å². The summed E-state index contributed by atoms with van der Waals surface area (Å²) >= 11 is 5.93. The number of pyridine rings is 1. The van der Waals surface area contributed by atoms with E-state index in [4.69, 9.17) is 16.7 Å². The Hall–Kier alpha value is -1.63. The summed E-state index contributed by atoms with van der Waals surface area (Å²) in [5.74, 6) is 0.187. The Labute approximate surface area is 116 Å². The van der Waals surface area contributed by atoms with E-state index >= 15 is 0 Å². The fourth-order valence-corrected chi connectivity index (χ4v) is 2.33. The van der Waals surface area contributed by atoms with E-state index in [0.29, 0.717) is 10.7 Å². The highest BCUT2D eigenvalue weighted by Gasteiger charge is 2.14. The number of hydrogen-bond donors (Lipinski definition) is 2. The lowest BCUT2D eigenvalue weighted by Crippen LogP contribution is -2.14. The maximum absolute atomic E-state index is 11.4. The molecule has 100 valence electrons. The average molecular weight is 298 g/mol. The van der Waals surface area contributed by atoms with Gasteiger partial charge in [0.15, 0.2) is 5.82 Å². The van der Waals surface area contributed by atoms with E-state index in [-0.39, 0.29) is 10.7 Å². The number of halogens is 1. The largest absolute Gasteiger partial charge is 0.339 e. The van der Waals surface area contributed by atoms with Crippen molar-refractivity contribution in [2.24, 2.45) is 5.14 Å². The van der Waals surface area contributed by atoms with Gasteiger partial charge in [0.1, 0.15) is 4.90 Å². The van der Waals surface area contributed by atoms with E-state index in [0.717, 1.165) is 5.56 Å². The molecular weight excluding hydrogens is 286 g/mol. The normalized spacial score (nSPS) is 11.3. The van der Waals surface area contributed by atoms with E-state index in [1.165, 1.54) is 18.3 Å². The fraction of sp³-hybridized carbons (Fsp3) is 0.0833. The van der Waals surface area contributed by atoms with Crippen LogP contribution < -0.4 is 10.5 Å². The van der Waals surface area contributed by atoms with Crippen molar-refractivity contribution in [2.45, 2.75) is 11.8 Å². The molecule has 2 rings (SSSR count). The number of nitrogens with two attached hydrogens (primary N) is 1. The summed E-state index contributed by atoms with van der Waals surface area (Å²) in [6, 6.07) is 8.16. The molecule has 0 aliphatic heterocycles. The average Bonchev–Trinajstić information content (AvgIpc) is 2.33. The van der Waals surface area contributed by atoms with Crippen LogP contribution in [0, 0.1) is 6.92 Å². The number of benzene rings is 1. The zero-order valence-corrected chi connectivity index (χ0v) is 11.7. The highest BCUT2D eigenvalue weighted by Crippen LogP contribution is 2.24. The van der Waals surface area contributed by atoms with Gasteiger partial charge in [-0.3, -0.25) is 0 Å². The zero-order valence-electron chi connectivity index (χ0n) is 10.1. The first kappa shape index (κ1) is 13.8. The highest BCUT2D eigenvalue weighted by molar-refractivity contribution is 7.89. The molecular formula is C12H12ClN3O2S. The minimum Gasteiger partial charge on any atom is -0.339 e. The Balaban J connectivity index is 2.41. The Bertz CT molecular complexity index is 717. The summed E-state index contributed by atoms with van der Waals surface area (Å²) in [6.07, 6.45) is 1.49. The molecule has 0 aliphatic rings.